The zero-order valence-electron chi connectivity index (χ0n) is 14.2. The first kappa shape index (κ1) is 17.7. The van der Waals surface area contributed by atoms with Crippen LogP contribution in [0.3, 0.4) is 0 Å². The topological polar surface area (TPSA) is 103 Å². The minimum Gasteiger partial charge on any atom is -0.493 e. The largest absolute Gasteiger partial charge is 0.493 e. The molecule has 2 rings (SSSR count). The molecule has 0 bridgehead atoms. The molecule has 1 aromatic heterocycles. The number of H-pyrrole nitrogens is 1. The fourth-order valence-electron chi connectivity index (χ4n) is 2.76. The molecule has 24 heavy (non-hydrogen) atoms. The van der Waals surface area contributed by atoms with Crippen LogP contribution in [0.2, 0.25) is 0 Å². The van der Waals surface area contributed by atoms with Crippen molar-refractivity contribution in [3.05, 3.63) is 29.1 Å². The Balaban J connectivity index is 2.81. The highest BCUT2D eigenvalue weighted by atomic mass is 16.5. The van der Waals surface area contributed by atoms with Crippen LogP contribution in [0.4, 0.5) is 0 Å². The maximum atomic E-state index is 9.38. The normalized spacial score (nSPS) is 10.3. The minimum atomic E-state index is 0.241. The molecule has 1 heterocycles. The van der Waals surface area contributed by atoms with Crippen molar-refractivity contribution in [3.8, 4) is 34.4 Å². The third-order valence-corrected chi connectivity index (χ3v) is 3.76. The van der Waals surface area contributed by atoms with Gasteiger partial charge in [0.2, 0.25) is 5.75 Å². The molecular formula is C17H21N3O4. The van der Waals surface area contributed by atoms with Crippen molar-refractivity contribution in [1.82, 2.24) is 4.98 Å². The number of benzene rings is 1. The summed E-state index contributed by atoms with van der Waals surface area (Å²) >= 11 is 0. The van der Waals surface area contributed by atoms with Gasteiger partial charge >= 0.3 is 0 Å². The number of nitriles is 1. The SMILES string of the molecule is COCc1c(C#N)[nH]c(CN)c1-c1ccc(OC)c(OC)c1OC. The molecule has 7 heteroatoms. The molecule has 0 spiro atoms. The molecule has 128 valence electrons. The van der Waals surface area contributed by atoms with Gasteiger partial charge in [0, 0.05) is 36.0 Å². The van der Waals surface area contributed by atoms with Crippen molar-refractivity contribution >= 4 is 0 Å². The molecule has 0 radical (unpaired) electrons. The van der Waals surface area contributed by atoms with Gasteiger partial charge in [-0.05, 0) is 12.1 Å². The standard InChI is InChI=1S/C17H21N3O4/c1-21-9-11-12(7-18)20-13(8-19)15(11)10-5-6-14(22-2)17(24-4)16(10)23-3/h5-6,20H,8-9,19H2,1-4H3. The van der Waals surface area contributed by atoms with Crippen molar-refractivity contribution in [1.29, 1.82) is 5.26 Å². The molecule has 0 saturated carbocycles. The number of hydrogen-bond donors (Lipinski definition) is 2. The quantitative estimate of drug-likeness (QED) is 0.806. The van der Waals surface area contributed by atoms with E-state index in [0.29, 0.717) is 22.9 Å². The average molecular weight is 331 g/mol. The number of rotatable bonds is 7. The zero-order chi connectivity index (χ0) is 17.7. The van der Waals surface area contributed by atoms with E-state index in [0.717, 1.165) is 22.4 Å². The van der Waals surface area contributed by atoms with Gasteiger partial charge in [0.05, 0.1) is 27.9 Å². The van der Waals surface area contributed by atoms with Gasteiger partial charge in [-0.25, -0.2) is 0 Å². The molecule has 0 atom stereocenters. The first-order chi connectivity index (χ1) is 11.7. The number of nitrogens with two attached hydrogens (primary N) is 1. The Hall–Kier alpha value is -2.69. The third-order valence-electron chi connectivity index (χ3n) is 3.76. The number of aromatic nitrogens is 1. The lowest BCUT2D eigenvalue weighted by Crippen LogP contribution is -2.02. The molecule has 0 aliphatic rings. The van der Waals surface area contributed by atoms with Crippen molar-refractivity contribution in [2.24, 2.45) is 5.73 Å². The molecule has 0 saturated heterocycles. The summed E-state index contributed by atoms with van der Waals surface area (Å²) in [6.45, 7) is 0.511. The summed E-state index contributed by atoms with van der Waals surface area (Å²) in [4.78, 5) is 3.06. The van der Waals surface area contributed by atoms with Gasteiger partial charge in [-0.15, -0.1) is 0 Å². The van der Waals surface area contributed by atoms with E-state index in [1.54, 1.807) is 34.5 Å². The fourth-order valence-corrected chi connectivity index (χ4v) is 2.76. The molecule has 3 N–H and O–H groups in total. The summed E-state index contributed by atoms with van der Waals surface area (Å²) in [6, 6.07) is 5.78. The van der Waals surface area contributed by atoms with E-state index in [4.69, 9.17) is 24.7 Å². The van der Waals surface area contributed by atoms with E-state index < -0.39 is 0 Å². The summed E-state index contributed by atoms with van der Waals surface area (Å²) < 4.78 is 21.6. The Bertz CT molecular complexity index is 762. The summed E-state index contributed by atoms with van der Waals surface area (Å²) in [7, 11) is 6.23. The van der Waals surface area contributed by atoms with Gasteiger partial charge in [-0.2, -0.15) is 5.26 Å². The second-order valence-electron chi connectivity index (χ2n) is 4.96. The first-order valence-electron chi connectivity index (χ1n) is 7.28. The van der Waals surface area contributed by atoms with Crippen molar-refractivity contribution in [2.75, 3.05) is 28.4 Å². The highest BCUT2D eigenvalue weighted by molar-refractivity contribution is 5.81. The number of nitrogens with one attached hydrogen (secondary N) is 1. The predicted molar refractivity (Wildman–Crippen MR) is 89.2 cm³/mol. The Kier molecular flexibility index (Phi) is 5.68. The minimum absolute atomic E-state index is 0.241. The Labute approximate surface area is 140 Å². The van der Waals surface area contributed by atoms with Crippen molar-refractivity contribution in [3.63, 3.8) is 0 Å². The van der Waals surface area contributed by atoms with Crippen LogP contribution in [0.25, 0.3) is 11.1 Å². The van der Waals surface area contributed by atoms with Gasteiger partial charge in [0.1, 0.15) is 11.8 Å². The fraction of sp³-hybridized carbons (Fsp3) is 0.353. The zero-order valence-corrected chi connectivity index (χ0v) is 14.2. The molecule has 0 aliphatic carbocycles. The van der Waals surface area contributed by atoms with Crippen LogP contribution in [0.5, 0.6) is 17.2 Å². The van der Waals surface area contributed by atoms with Crippen LogP contribution in [0.1, 0.15) is 17.0 Å². The Morgan fingerprint density at radius 1 is 1.08 bits per heavy atom. The lowest BCUT2D eigenvalue weighted by atomic mass is 9.98. The van der Waals surface area contributed by atoms with Gasteiger partial charge in [-0.3, -0.25) is 0 Å². The van der Waals surface area contributed by atoms with Gasteiger partial charge < -0.3 is 29.7 Å². The van der Waals surface area contributed by atoms with E-state index in [9.17, 15) is 5.26 Å². The Morgan fingerprint density at radius 3 is 2.29 bits per heavy atom. The average Bonchev–Trinajstić information content (AvgIpc) is 2.97. The van der Waals surface area contributed by atoms with Gasteiger partial charge in [-0.1, -0.05) is 0 Å². The number of nitrogens with zero attached hydrogens (tertiary/aromatic N) is 1. The number of methoxy groups -OCH3 is 4. The van der Waals surface area contributed by atoms with Crippen LogP contribution in [0.15, 0.2) is 12.1 Å². The second kappa shape index (κ2) is 7.73. The molecule has 2 aromatic rings. The summed E-state index contributed by atoms with van der Waals surface area (Å²) in [5.41, 5.74) is 9.27. The van der Waals surface area contributed by atoms with E-state index in [2.05, 4.69) is 11.1 Å². The predicted octanol–water partition coefficient (Wildman–Crippen LogP) is 2.18. The van der Waals surface area contributed by atoms with Gasteiger partial charge in [0.15, 0.2) is 11.5 Å². The van der Waals surface area contributed by atoms with Crippen LogP contribution in [-0.4, -0.2) is 33.4 Å². The van der Waals surface area contributed by atoms with E-state index in [-0.39, 0.29) is 13.2 Å². The van der Waals surface area contributed by atoms with E-state index in [1.165, 1.54) is 0 Å². The third kappa shape index (κ3) is 2.89. The van der Waals surface area contributed by atoms with E-state index in [1.807, 2.05) is 6.07 Å². The number of ether oxygens (including phenoxy) is 4. The molecule has 7 nitrogen and oxygen atoms in total. The highest BCUT2D eigenvalue weighted by Gasteiger charge is 2.24. The second-order valence-corrected chi connectivity index (χ2v) is 4.96. The maximum absolute atomic E-state index is 9.38. The highest BCUT2D eigenvalue weighted by Crippen LogP contribution is 2.46. The lowest BCUT2D eigenvalue weighted by molar-refractivity contribution is 0.185. The summed E-state index contributed by atoms with van der Waals surface area (Å²) in [5.74, 6) is 1.53. The smallest absolute Gasteiger partial charge is 0.203 e. The number of hydrogen-bond acceptors (Lipinski definition) is 6. The maximum Gasteiger partial charge on any atom is 0.203 e. The molecule has 0 amide bonds. The monoisotopic (exact) mass is 331 g/mol. The van der Waals surface area contributed by atoms with Crippen molar-refractivity contribution < 1.29 is 18.9 Å². The molecule has 1 aromatic carbocycles. The molecule has 0 fully saturated rings. The van der Waals surface area contributed by atoms with Crippen LogP contribution in [0, 0.1) is 11.3 Å². The molecule has 0 aliphatic heterocycles. The van der Waals surface area contributed by atoms with Crippen LogP contribution >= 0.6 is 0 Å². The molecular weight excluding hydrogens is 310 g/mol. The number of aromatic amines is 1. The molecule has 0 unspecified atom stereocenters. The van der Waals surface area contributed by atoms with Crippen molar-refractivity contribution in [2.45, 2.75) is 13.2 Å². The summed E-state index contributed by atoms with van der Waals surface area (Å²) in [6.07, 6.45) is 0. The van der Waals surface area contributed by atoms with Crippen LogP contribution < -0.4 is 19.9 Å². The van der Waals surface area contributed by atoms with Gasteiger partial charge in [0.25, 0.3) is 0 Å². The summed E-state index contributed by atoms with van der Waals surface area (Å²) in [5, 5.41) is 9.38. The Morgan fingerprint density at radius 2 is 1.79 bits per heavy atom. The lowest BCUT2D eigenvalue weighted by Gasteiger charge is -2.17. The van der Waals surface area contributed by atoms with E-state index >= 15 is 0 Å². The van der Waals surface area contributed by atoms with Crippen LogP contribution in [-0.2, 0) is 17.9 Å². The first-order valence-corrected chi connectivity index (χ1v) is 7.28.